The highest BCUT2D eigenvalue weighted by Crippen LogP contribution is 2.13. The maximum Gasteiger partial charge on any atom is 0.228 e. The minimum Gasteiger partial charge on any atom is -0.457 e. The van der Waals surface area contributed by atoms with Gasteiger partial charge in [-0.25, -0.2) is 0 Å². The van der Waals surface area contributed by atoms with Crippen LogP contribution in [0.3, 0.4) is 0 Å². The van der Waals surface area contributed by atoms with Crippen LogP contribution in [-0.2, 0) is 5.88 Å². The van der Waals surface area contributed by atoms with E-state index in [0.717, 1.165) is 0 Å². The van der Waals surface area contributed by atoms with Gasteiger partial charge in [-0.2, -0.15) is 0 Å². The van der Waals surface area contributed by atoms with Crippen molar-refractivity contribution in [3.63, 3.8) is 0 Å². The first-order chi connectivity index (χ1) is 6.56. The summed E-state index contributed by atoms with van der Waals surface area (Å²) in [6, 6.07) is 2.97. The molecule has 0 saturated carbocycles. The predicted octanol–water partition coefficient (Wildman–Crippen LogP) is 0.943. The molecule has 0 spiro atoms. The molecule has 0 aliphatic rings. The number of alkyl halides is 1. The SMILES string of the molecule is CC(O)C(O)C(=O)c1ccc(CCl)o1. The van der Waals surface area contributed by atoms with E-state index in [2.05, 4.69) is 0 Å². The highest BCUT2D eigenvalue weighted by Gasteiger charge is 2.24. The van der Waals surface area contributed by atoms with Gasteiger partial charge in [0.25, 0.3) is 0 Å². The van der Waals surface area contributed by atoms with Crippen molar-refractivity contribution in [1.82, 2.24) is 0 Å². The zero-order chi connectivity index (χ0) is 10.7. The number of hydrogen-bond acceptors (Lipinski definition) is 4. The molecule has 0 aliphatic heterocycles. The van der Waals surface area contributed by atoms with E-state index < -0.39 is 18.0 Å². The van der Waals surface area contributed by atoms with E-state index >= 15 is 0 Å². The van der Waals surface area contributed by atoms with Crippen LogP contribution in [-0.4, -0.2) is 28.2 Å². The molecule has 2 N–H and O–H groups in total. The third-order valence-corrected chi connectivity index (χ3v) is 2.03. The third-order valence-electron chi connectivity index (χ3n) is 1.76. The van der Waals surface area contributed by atoms with Gasteiger partial charge in [-0.15, -0.1) is 11.6 Å². The number of rotatable bonds is 4. The second kappa shape index (κ2) is 4.59. The molecular formula is C9H11ClO4. The molecule has 1 aromatic heterocycles. The molecule has 0 amide bonds. The average Bonchev–Trinajstić information content (AvgIpc) is 2.63. The third kappa shape index (κ3) is 2.35. The van der Waals surface area contributed by atoms with E-state index in [1.54, 1.807) is 6.07 Å². The van der Waals surface area contributed by atoms with Crippen molar-refractivity contribution in [2.75, 3.05) is 0 Å². The first-order valence-corrected chi connectivity index (χ1v) is 4.64. The molecule has 4 nitrogen and oxygen atoms in total. The molecule has 5 heteroatoms. The number of aliphatic hydroxyl groups is 2. The number of furan rings is 1. The van der Waals surface area contributed by atoms with Crippen LogP contribution in [0.15, 0.2) is 16.5 Å². The fourth-order valence-corrected chi connectivity index (χ4v) is 1.09. The van der Waals surface area contributed by atoms with Gasteiger partial charge in [-0.3, -0.25) is 4.79 Å². The summed E-state index contributed by atoms with van der Waals surface area (Å²) in [4.78, 5) is 11.4. The first kappa shape index (κ1) is 11.2. The lowest BCUT2D eigenvalue weighted by Crippen LogP contribution is -2.31. The largest absolute Gasteiger partial charge is 0.457 e. The molecule has 0 saturated heterocycles. The van der Waals surface area contributed by atoms with Crippen molar-refractivity contribution in [3.05, 3.63) is 23.7 Å². The van der Waals surface area contributed by atoms with Gasteiger partial charge in [-0.1, -0.05) is 0 Å². The van der Waals surface area contributed by atoms with E-state index in [4.69, 9.17) is 21.1 Å². The van der Waals surface area contributed by atoms with Gasteiger partial charge in [0.05, 0.1) is 12.0 Å². The summed E-state index contributed by atoms with van der Waals surface area (Å²) < 4.78 is 5.01. The zero-order valence-corrected chi connectivity index (χ0v) is 8.36. The Labute approximate surface area is 86.1 Å². The normalized spacial score (nSPS) is 15.1. The summed E-state index contributed by atoms with van der Waals surface area (Å²) >= 11 is 5.47. The molecule has 2 unspecified atom stereocenters. The Bertz CT molecular complexity index is 318. The van der Waals surface area contributed by atoms with Gasteiger partial charge < -0.3 is 14.6 Å². The van der Waals surface area contributed by atoms with Crippen LogP contribution < -0.4 is 0 Å². The van der Waals surface area contributed by atoms with E-state index in [1.807, 2.05) is 0 Å². The first-order valence-electron chi connectivity index (χ1n) is 4.11. The second-order valence-electron chi connectivity index (χ2n) is 2.95. The second-order valence-corrected chi connectivity index (χ2v) is 3.22. The van der Waals surface area contributed by atoms with E-state index in [1.165, 1.54) is 13.0 Å². The summed E-state index contributed by atoms with van der Waals surface area (Å²) in [5.74, 6) is -0.0175. The summed E-state index contributed by atoms with van der Waals surface area (Å²) in [7, 11) is 0. The van der Waals surface area contributed by atoms with Crippen LogP contribution in [0.2, 0.25) is 0 Å². The fourth-order valence-electron chi connectivity index (χ4n) is 0.947. The zero-order valence-electron chi connectivity index (χ0n) is 7.61. The molecule has 14 heavy (non-hydrogen) atoms. The van der Waals surface area contributed by atoms with Crippen molar-refractivity contribution in [3.8, 4) is 0 Å². The Morgan fingerprint density at radius 3 is 2.64 bits per heavy atom. The van der Waals surface area contributed by atoms with Gasteiger partial charge in [0.15, 0.2) is 5.76 Å². The predicted molar refractivity (Wildman–Crippen MR) is 50.3 cm³/mol. The lowest BCUT2D eigenvalue weighted by atomic mass is 10.1. The minimum atomic E-state index is -1.45. The van der Waals surface area contributed by atoms with Crippen molar-refractivity contribution in [2.45, 2.75) is 25.0 Å². The van der Waals surface area contributed by atoms with E-state index in [-0.39, 0.29) is 11.6 Å². The summed E-state index contributed by atoms with van der Waals surface area (Å²) in [6.45, 7) is 1.33. The number of carbonyl (C=O) groups excluding carboxylic acids is 1. The molecule has 0 aliphatic carbocycles. The summed E-state index contributed by atoms with van der Waals surface area (Å²) in [5, 5.41) is 18.2. The van der Waals surface area contributed by atoms with E-state index in [0.29, 0.717) is 5.76 Å². The Morgan fingerprint density at radius 2 is 2.21 bits per heavy atom. The minimum absolute atomic E-state index is 0.00838. The van der Waals surface area contributed by atoms with Gasteiger partial charge in [0, 0.05) is 0 Å². The summed E-state index contributed by atoms with van der Waals surface area (Å²) in [6.07, 6.45) is -2.57. The number of halogens is 1. The highest BCUT2D eigenvalue weighted by molar-refractivity contribution is 6.16. The molecule has 1 aromatic rings. The standard InChI is InChI=1S/C9H11ClO4/c1-5(11)8(12)9(13)7-3-2-6(4-10)14-7/h2-3,5,8,11-12H,4H2,1H3. The molecular weight excluding hydrogens is 208 g/mol. The molecule has 0 radical (unpaired) electrons. The maximum absolute atomic E-state index is 11.4. The average molecular weight is 219 g/mol. The van der Waals surface area contributed by atoms with E-state index in [9.17, 15) is 9.90 Å². The van der Waals surface area contributed by atoms with Crippen LogP contribution in [0.5, 0.6) is 0 Å². The smallest absolute Gasteiger partial charge is 0.228 e. The summed E-state index contributed by atoms with van der Waals surface area (Å²) in [5.41, 5.74) is 0. The Balaban J connectivity index is 2.79. The number of ketones is 1. The lowest BCUT2D eigenvalue weighted by molar-refractivity contribution is 0.0268. The topological polar surface area (TPSA) is 70.7 Å². The number of Topliss-reactive ketones (excluding diaryl/α,β-unsaturated/α-hetero) is 1. The quantitative estimate of drug-likeness (QED) is 0.583. The van der Waals surface area contributed by atoms with Gasteiger partial charge in [-0.05, 0) is 19.1 Å². The number of aliphatic hydroxyl groups excluding tert-OH is 2. The molecule has 0 aromatic carbocycles. The van der Waals surface area contributed by atoms with Crippen LogP contribution in [0.4, 0.5) is 0 Å². The lowest BCUT2D eigenvalue weighted by Gasteiger charge is -2.09. The Morgan fingerprint density at radius 1 is 1.57 bits per heavy atom. The molecule has 0 bridgehead atoms. The molecule has 78 valence electrons. The number of hydrogen-bond donors (Lipinski definition) is 2. The highest BCUT2D eigenvalue weighted by atomic mass is 35.5. The monoisotopic (exact) mass is 218 g/mol. The Hall–Kier alpha value is -0.840. The van der Waals surface area contributed by atoms with Crippen LogP contribution in [0.25, 0.3) is 0 Å². The van der Waals surface area contributed by atoms with Crippen molar-refractivity contribution in [1.29, 1.82) is 0 Å². The van der Waals surface area contributed by atoms with Crippen LogP contribution in [0.1, 0.15) is 23.2 Å². The maximum atomic E-state index is 11.4. The molecule has 0 fully saturated rings. The Kier molecular flexibility index (Phi) is 3.69. The van der Waals surface area contributed by atoms with Gasteiger partial charge in [0.1, 0.15) is 11.9 Å². The molecule has 2 atom stereocenters. The van der Waals surface area contributed by atoms with Gasteiger partial charge in [0.2, 0.25) is 5.78 Å². The number of carbonyl (C=O) groups is 1. The fraction of sp³-hybridized carbons (Fsp3) is 0.444. The van der Waals surface area contributed by atoms with Crippen molar-refractivity contribution in [2.24, 2.45) is 0 Å². The van der Waals surface area contributed by atoms with Crippen molar-refractivity contribution >= 4 is 17.4 Å². The van der Waals surface area contributed by atoms with Gasteiger partial charge >= 0.3 is 0 Å². The van der Waals surface area contributed by atoms with Crippen LogP contribution >= 0.6 is 11.6 Å². The van der Waals surface area contributed by atoms with Crippen molar-refractivity contribution < 1.29 is 19.4 Å². The van der Waals surface area contributed by atoms with Crippen LogP contribution in [0, 0.1) is 0 Å². The molecule has 1 heterocycles. The molecule has 1 rings (SSSR count).